The van der Waals surface area contributed by atoms with Crippen molar-refractivity contribution in [1.29, 1.82) is 0 Å². The lowest BCUT2D eigenvalue weighted by atomic mass is 9.91. The Morgan fingerprint density at radius 1 is 0.361 bits per heavy atom. The van der Waals surface area contributed by atoms with E-state index in [2.05, 4.69) is 103 Å². The molecule has 8 rings (SSSR count). The minimum atomic E-state index is 0.576. The van der Waals surface area contributed by atoms with Crippen molar-refractivity contribution >= 4 is 54.5 Å². The average Bonchev–Trinajstić information content (AvgIpc) is 3.54. The molecule has 0 aliphatic rings. The Morgan fingerprint density at radius 2 is 0.917 bits per heavy atom. The van der Waals surface area contributed by atoms with Crippen molar-refractivity contribution in [3.63, 3.8) is 0 Å². The predicted octanol–water partition coefficient (Wildman–Crippen LogP) is 9.97. The normalized spacial score (nSPS) is 11.9. The second kappa shape index (κ2) is 7.34. The third kappa shape index (κ3) is 2.79. The van der Waals surface area contributed by atoms with Crippen molar-refractivity contribution in [3.05, 3.63) is 122 Å². The van der Waals surface area contributed by atoms with Gasteiger partial charge >= 0.3 is 0 Å². The molecule has 8 aromatic rings. The summed E-state index contributed by atoms with van der Waals surface area (Å²) in [7, 11) is 0. The molecule has 2 aromatic heterocycles. The minimum absolute atomic E-state index is 0.576. The molecule has 0 aliphatic heterocycles. The van der Waals surface area contributed by atoms with Crippen LogP contribution < -0.4 is 0 Å². The highest BCUT2D eigenvalue weighted by atomic mass is 16.5. The fourth-order valence-electron chi connectivity index (χ4n) is 5.65. The summed E-state index contributed by atoms with van der Waals surface area (Å²) in [4.78, 5) is 0. The van der Waals surface area contributed by atoms with E-state index in [1.807, 2.05) is 12.1 Å². The first-order chi connectivity index (χ1) is 17.8. The highest BCUT2D eigenvalue weighted by Crippen LogP contribution is 2.38. The van der Waals surface area contributed by atoms with Gasteiger partial charge in [-0.15, -0.1) is 0 Å². The molecule has 0 aliphatic carbocycles. The number of fused-ring (bicyclic) bond motifs is 9. The number of benzene rings is 6. The molecule has 0 bridgehead atoms. The van der Waals surface area contributed by atoms with E-state index in [1.165, 1.54) is 49.0 Å². The first-order valence-corrected chi connectivity index (χ1v) is 12.2. The topological polar surface area (TPSA) is 26.3 Å². The Bertz CT molecular complexity index is 2070. The lowest BCUT2D eigenvalue weighted by Crippen LogP contribution is -1.85. The number of hydrogen-bond donors (Lipinski definition) is 0. The van der Waals surface area contributed by atoms with Crippen molar-refractivity contribution in [2.75, 3.05) is 0 Å². The van der Waals surface area contributed by atoms with Crippen molar-refractivity contribution in [2.45, 2.75) is 0 Å². The molecule has 0 spiro atoms. The Labute approximate surface area is 207 Å². The summed E-state index contributed by atoms with van der Waals surface area (Å²) in [5.41, 5.74) is 5.60. The van der Waals surface area contributed by atoms with Crippen molar-refractivity contribution in [3.8, 4) is 22.3 Å². The van der Waals surface area contributed by atoms with Crippen LogP contribution in [0.3, 0.4) is 0 Å². The molecule has 36 heavy (non-hydrogen) atoms. The molecule has 0 atom stereocenters. The van der Waals surface area contributed by atoms with Gasteiger partial charge in [0.05, 0.1) is 11.6 Å². The molecule has 0 saturated heterocycles. The zero-order valence-corrected chi connectivity index (χ0v) is 19.4. The van der Waals surface area contributed by atoms with Gasteiger partial charge in [-0.2, -0.15) is 0 Å². The van der Waals surface area contributed by atoms with Crippen molar-refractivity contribution < 1.29 is 8.83 Å². The SMILES string of the molecule is c1cc(-c2ccc3oc4occc4c3c2)cc(-c2ccc3c4ccccc4c4ccccc4c3c2)c1. The minimum Gasteiger partial charge on any atom is -0.433 e. The van der Waals surface area contributed by atoms with E-state index in [9.17, 15) is 0 Å². The van der Waals surface area contributed by atoms with E-state index in [-0.39, 0.29) is 0 Å². The molecular formula is C34H20O2. The van der Waals surface area contributed by atoms with Gasteiger partial charge in [0.25, 0.3) is 5.78 Å². The lowest BCUT2D eigenvalue weighted by Gasteiger charge is -2.12. The Balaban J connectivity index is 1.32. The molecule has 6 aromatic carbocycles. The highest BCUT2D eigenvalue weighted by Gasteiger charge is 2.12. The zero-order valence-electron chi connectivity index (χ0n) is 19.4. The van der Waals surface area contributed by atoms with Crippen LogP contribution in [-0.4, -0.2) is 0 Å². The molecule has 0 amide bonds. The van der Waals surface area contributed by atoms with Crippen LogP contribution in [0.2, 0.25) is 0 Å². The third-order valence-corrected chi connectivity index (χ3v) is 7.38. The summed E-state index contributed by atoms with van der Waals surface area (Å²) in [6.45, 7) is 0. The Kier molecular flexibility index (Phi) is 3.97. The molecule has 0 fully saturated rings. The molecular weight excluding hydrogens is 440 g/mol. The summed E-state index contributed by atoms with van der Waals surface area (Å²) in [6, 6.07) is 41.4. The van der Waals surface area contributed by atoms with Crippen LogP contribution in [-0.2, 0) is 0 Å². The molecule has 0 saturated carbocycles. The molecule has 0 radical (unpaired) electrons. The monoisotopic (exact) mass is 460 g/mol. The second-order valence-corrected chi connectivity index (χ2v) is 9.37. The van der Waals surface area contributed by atoms with Gasteiger partial charge in [-0.1, -0.05) is 84.9 Å². The quantitative estimate of drug-likeness (QED) is 0.240. The highest BCUT2D eigenvalue weighted by molar-refractivity contribution is 6.25. The lowest BCUT2D eigenvalue weighted by molar-refractivity contribution is 0.499. The smallest absolute Gasteiger partial charge is 0.298 e. The Morgan fingerprint density at radius 3 is 1.61 bits per heavy atom. The molecule has 168 valence electrons. The average molecular weight is 461 g/mol. The van der Waals surface area contributed by atoms with Crippen LogP contribution in [0.5, 0.6) is 0 Å². The number of furan rings is 2. The molecule has 2 nitrogen and oxygen atoms in total. The van der Waals surface area contributed by atoms with E-state index < -0.39 is 0 Å². The fourth-order valence-corrected chi connectivity index (χ4v) is 5.65. The van der Waals surface area contributed by atoms with Gasteiger partial charge in [0.15, 0.2) is 0 Å². The maximum absolute atomic E-state index is 5.82. The number of hydrogen-bond acceptors (Lipinski definition) is 2. The van der Waals surface area contributed by atoms with E-state index in [0.29, 0.717) is 5.78 Å². The first-order valence-electron chi connectivity index (χ1n) is 12.2. The van der Waals surface area contributed by atoms with Crippen LogP contribution in [0.15, 0.2) is 130 Å². The second-order valence-electron chi connectivity index (χ2n) is 9.37. The number of rotatable bonds is 2. The first kappa shape index (κ1) is 19.5. The summed E-state index contributed by atoms with van der Waals surface area (Å²) in [6.07, 6.45) is 1.67. The van der Waals surface area contributed by atoms with Crippen LogP contribution in [0, 0.1) is 0 Å². The van der Waals surface area contributed by atoms with E-state index in [0.717, 1.165) is 21.9 Å². The molecule has 0 unspecified atom stereocenters. The van der Waals surface area contributed by atoms with Gasteiger partial charge < -0.3 is 8.83 Å². The summed E-state index contributed by atoms with van der Waals surface area (Å²) in [5, 5.41) is 9.85. The van der Waals surface area contributed by atoms with Crippen LogP contribution >= 0.6 is 0 Å². The summed E-state index contributed by atoms with van der Waals surface area (Å²) >= 11 is 0. The zero-order chi connectivity index (χ0) is 23.6. The van der Waals surface area contributed by atoms with E-state index in [1.54, 1.807) is 6.26 Å². The van der Waals surface area contributed by atoms with Gasteiger partial charge in [0.2, 0.25) is 0 Å². The van der Waals surface area contributed by atoms with E-state index in [4.69, 9.17) is 8.83 Å². The maximum Gasteiger partial charge on any atom is 0.298 e. The molecule has 0 N–H and O–H groups in total. The van der Waals surface area contributed by atoms with Crippen molar-refractivity contribution in [1.82, 2.24) is 0 Å². The standard InChI is InChI=1S/C34H20O2/c1-2-10-27-25(8-1)26-9-3-4-11-28(26)31-19-23(12-14-29(27)31)21-6-5-7-22(18-21)24-13-15-33-32(20-24)30-16-17-35-34(30)36-33/h1-20H. The van der Waals surface area contributed by atoms with Gasteiger partial charge in [0, 0.05) is 5.39 Å². The predicted molar refractivity (Wildman–Crippen MR) is 149 cm³/mol. The third-order valence-electron chi connectivity index (χ3n) is 7.38. The van der Waals surface area contributed by atoms with E-state index >= 15 is 0 Å². The molecule has 2 heterocycles. The van der Waals surface area contributed by atoms with Crippen LogP contribution in [0.1, 0.15) is 0 Å². The van der Waals surface area contributed by atoms with Gasteiger partial charge in [-0.3, -0.25) is 0 Å². The Hall–Kier alpha value is -4.82. The largest absolute Gasteiger partial charge is 0.433 e. The van der Waals surface area contributed by atoms with Gasteiger partial charge in [0.1, 0.15) is 5.58 Å². The fraction of sp³-hybridized carbons (Fsp3) is 0. The van der Waals surface area contributed by atoms with Crippen LogP contribution in [0.4, 0.5) is 0 Å². The van der Waals surface area contributed by atoms with Gasteiger partial charge in [-0.25, -0.2) is 0 Å². The van der Waals surface area contributed by atoms with Crippen molar-refractivity contribution in [2.24, 2.45) is 0 Å². The van der Waals surface area contributed by atoms with Crippen LogP contribution in [0.25, 0.3) is 76.7 Å². The maximum atomic E-state index is 5.82. The molecule has 2 heteroatoms. The summed E-state index contributed by atoms with van der Waals surface area (Å²) < 4.78 is 11.3. The van der Waals surface area contributed by atoms with Gasteiger partial charge in [-0.05, 0) is 84.9 Å². The summed E-state index contributed by atoms with van der Waals surface area (Å²) in [5.74, 6) is 0.576.